The Labute approximate surface area is 132 Å². The molecule has 2 aromatic rings. The van der Waals surface area contributed by atoms with Gasteiger partial charge in [0.1, 0.15) is 12.4 Å². The molecule has 0 aromatic heterocycles. The zero-order valence-corrected chi connectivity index (χ0v) is 12.3. The molecule has 0 spiro atoms. The topological polar surface area (TPSA) is 75.6 Å². The number of rotatable bonds is 6. The Hall–Kier alpha value is -2.89. The van der Waals surface area contributed by atoms with Crippen LogP contribution in [0.25, 0.3) is 0 Å². The Bertz CT molecular complexity index is 688. The zero-order valence-electron chi connectivity index (χ0n) is 12.3. The SMILES string of the molecule is O=C(O)CCc1ccc(NC(=O)OCc2ccccc2)c(F)c1. The van der Waals surface area contributed by atoms with Gasteiger partial charge in [-0.3, -0.25) is 10.1 Å². The van der Waals surface area contributed by atoms with Crippen LogP contribution in [-0.4, -0.2) is 17.2 Å². The fourth-order valence-corrected chi connectivity index (χ4v) is 1.94. The maximum absolute atomic E-state index is 13.9. The standard InChI is InChI=1S/C17H16FNO4/c18-14-10-12(7-9-16(20)21)6-8-15(14)19-17(22)23-11-13-4-2-1-3-5-13/h1-6,8,10H,7,9,11H2,(H,19,22)(H,20,21). The number of carbonyl (C=O) groups excluding carboxylic acids is 1. The van der Waals surface area contributed by atoms with Crippen LogP contribution >= 0.6 is 0 Å². The van der Waals surface area contributed by atoms with Crippen LogP contribution in [0.15, 0.2) is 48.5 Å². The number of ether oxygens (including phenoxy) is 1. The Morgan fingerprint density at radius 3 is 2.48 bits per heavy atom. The monoisotopic (exact) mass is 317 g/mol. The number of anilines is 1. The van der Waals surface area contributed by atoms with E-state index in [1.54, 1.807) is 6.07 Å². The zero-order chi connectivity index (χ0) is 16.7. The molecule has 0 unspecified atom stereocenters. The normalized spacial score (nSPS) is 10.1. The summed E-state index contributed by atoms with van der Waals surface area (Å²) in [5, 5.41) is 10.9. The van der Waals surface area contributed by atoms with Gasteiger partial charge >= 0.3 is 12.1 Å². The van der Waals surface area contributed by atoms with E-state index in [1.165, 1.54) is 12.1 Å². The van der Waals surface area contributed by atoms with Gasteiger partial charge in [-0.15, -0.1) is 0 Å². The highest BCUT2D eigenvalue weighted by molar-refractivity contribution is 5.84. The van der Waals surface area contributed by atoms with Crippen LogP contribution in [0.4, 0.5) is 14.9 Å². The Morgan fingerprint density at radius 1 is 1.09 bits per heavy atom. The van der Waals surface area contributed by atoms with Crippen LogP contribution in [0, 0.1) is 5.82 Å². The molecular formula is C17H16FNO4. The molecule has 2 aromatic carbocycles. The molecule has 0 heterocycles. The minimum Gasteiger partial charge on any atom is -0.481 e. The van der Waals surface area contributed by atoms with Crippen molar-refractivity contribution >= 4 is 17.7 Å². The van der Waals surface area contributed by atoms with Gasteiger partial charge in [-0.05, 0) is 29.7 Å². The predicted molar refractivity (Wildman–Crippen MR) is 82.6 cm³/mol. The summed E-state index contributed by atoms with van der Waals surface area (Å²) in [6, 6.07) is 13.3. The molecule has 6 heteroatoms. The predicted octanol–water partition coefficient (Wildman–Crippen LogP) is 3.59. The second kappa shape index (κ2) is 7.93. The summed E-state index contributed by atoms with van der Waals surface area (Å²) >= 11 is 0. The third kappa shape index (κ3) is 5.43. The number of carbonyl (C=O) groups is 2. The van der Waals surface area contributed by atoms with Crippen molar-refractivity contribution in [3.05, 3.63) is 65.5 Å². The van der Waals surface area contributed by atoms with Crippen molar-refractivity contribution < 1.29 is 23.8 Å². The number of aliphatic carboxylic acids is 1. The van der Waals surface area contributed by atoms with Crippen molar-refractivity contribution in [3.63, 3.8) is 0 Å². The average molecular weight is 317 g/mol. The highest BCUT2D eigenvalue weighted by Crippen LogP contribution is 2.17. The van der Waals surface area contributed by atoms with Crippen molar-refractivity contribution in [3.8, 4) is 0 Å². The van der Waals surface area contributed by atoms with Crippen LogP contribution in [-0.2, 0) is 22.6 Å². The average Bonchev–Trinajstić information content (AvgIpc) is 2.54. The van der Waals surface area contributed by atoms with E-state index in [4.69, 9.17) is 9.84 Å². The van der Waals surface area contributed by atoms with Gasteiger partial charge in [0.15, 0.2) is 0 Å². The first-order chi connectivity index (χ1) is 11.0. The minimum atomic E-state index is -0.947. The van der Waals surface area contributed by atoms with E-state index < -0.39 is 17.9 Å². The Balaban J connectivity index is 1.89. The van der Waals surface area contributed by atoms with Crippen molar-refractivity contribution in [2.75, 3.05) is 5.32 Å². The van der Waals surface area contributed by atoms with Gasteiger partial charge in [0.25, 0.3) is 0 Å². The molecule has 23 heavy (non-hydrogen) atoms. The lowest BCUT2D eigenvalue weighted by Gasteiger charge is -2.09. The quantitative estimate of drug-likeness (QED) is 0.853. The highest BCUT2D eigenvalue weighted by Gasteiger charge is 2.09. The molecule has 0 aliphatic carbocycles. The van der Waals surface area contributed by atoms with Gasteiger partial charge in [-0.1, -0.05) is 36.4 Å². The van der Waals surface area contributed by atoms with E-state index in [9.17, 15) is 14.0 Å². The lowest BCUT2D eigenvalue weighted by molar-refractivity contribution is -0.136. The molecule has 0 aliphatic rings. The smallest absolute Gasteiger partial charge is 0.412 e. The minimum absolute atomic E-state index is 0.0119. The molecular weight excluding hydrogens is 301 g/mol. The van der Waals surface area contributed by atoms with Gasteiger partial charge in [0, 0.05) is 6.42 Å². The molecule has 2 N–H and O–H groups in total. The molecule has 0 saturated carbocycles. The molecule has 1 amide bonds. The fourth-order valence-electron chi connectivity index (χ4n) is 1.94. The van der Waals surface area contributed by atoms with E-state index in [1.807, 2.05) is 30.3 Å². The second-order valence-electron chi connectivity index (χ2n) is 4.89. The molecule has 0 radical (unpaired) electrons. The summed E-state index contributed by atoms with van der Waals surface area (Å²) in [4.78, 5) is 22.2. The van der Waals surface area contributed by atoms with Crippen molar-refractivity contribution in [2.45, 2.75) is 19.4 Å². The van der Waals surface area contributed by atoms with Crippen LogP contribution in [0.5, 0.6) is 0 Å². The third-order valence-electron chi connectivity index (χ3n) is 3.11. The second-order valence-corrected chi connectivity index (χ2v) is 4.89. The first-order valence-corrected chi connectivity index (χ1v) is 7.02. The largest absolute Gasteiger partial charge is 0.481 e. The number of hydrogen-bond donors (Lipinski definition) is 2. The maximum atomic E-state index is 13.9. The van der Waals surface area contributed by atoms with E-state index in [0.717, 1.165) is 5.56 Å². The van der Waals surface area contributed by atoms with Gasteiger partial charge in [-0.2, -0.15) is 0 Å². The van der Waals surface area contributed by atoms with E-state index in [0.29, 0.717) is 5.56 Å². The number of benzene rings is 2. The fraction of sp³-hybridized carbons (Fsp3) is 0.176. The first-order valence-electron chi connectivity index (χ1n) is 7.02. The number of nitrogens with one attached hydrogen (secondary N) is 1. The number of aryl methyl sites for hydroxylation is 1. The molecule has 2 rings (SSSR count). The van der Waals surface area contributed by atoms with Crippen LogP contribution in [0.2, 0.25) is 0 Å². The van der Waals surface area contributed by atoms with Crippen LogP contribution in [0.1, 0.15) is 17.5 Å². The lowest BCUT2D eigenvalue weighted by atomic mass is 10.1. The molecule has 5 nitrogen and oxygen atoms in total. The summed E-state index contributed by atoms with van der Waals surface area (Å²) < 4.78 is 18.9. The number of carboxylic acid groups (broad SMARTS) is 1. The summed E-state index contributed by atoms with van der Waals surface area (Å²) in [6.45, 7) is 0.0883. The number of hydrogen-bond acceptors (Lipinski definition) is 3. The molecule has 0 bridgehead atoms. The molecule has 0 aliphatic heterocycles. The molecule has 0 saturated heterocycles. The van der Waals surface area contributed by atoms with Gasteiger partial charge in [-0.25, -0.2) is 9.18 Å². The number of carboxylic acids is 1. The first kappa shape index (κ1) is 16.5. The lowest BCUT2D eigenvalue weighted by Crippen LogP contribution is -2.14. The Kier molecular flexibility index (Phi) is 5.68. The van der Waals surface area contributed by atoms with Crippen LogP contribution in [0.3, 0.4) is 0 Å². The Morgan fingerprint density at radius 2 is 1.83 bits per heavy atom. The maximum Gasteiger partial charge on any atom is 0.412 e. The summed E-state index contributed by atoms with van der Waals surface area (Å²) in [5.74, 6) is -1.58. The van der Waals surface area contributed by atoms with Gasteiger partial charge in [0.2, 0.25) is 0 Å². The van der Waals surface area contributed by atoms with E-state index in [2.05, 4.69) is 5.32 Å². The molecule has 120 valence electrons. The van der Waals surface area contributed by atoms with E-state index >= 15 is 0 Å². The summed E-state index contributed by atoms with van der Waals surface area (Å²) in [7, 11) is 0. The van der Waals surface area contributed by atoms with Crippen molar-refractivity contribution in [1.82, 2.24) is 0 Å². The number of amides is 1. The summed E-state index contributed by atoms with van der Waals surface area (Å²) in [6.07, 6.45) is -0.609. The van der Waals surface area contributed by atoms with Crippen molar-refractivity contribution in [1.29, 1.82) is 0 Å². The third-order valence-corrected chi connectivity index (χ3v) is 3.11. The number of halogens is 1. The van der Waals surface area contributed by atoms with E-state index in [-0.39, 0.29) is 25.1 Å². The van der Waals surface area contributed by atoms with Gasteiger partial charge < -0.3 is 9.84 Å². The van der Waals surface area contributed by atoms with Gasteiger partial charge in [0.05, 0.1) is 5.69 Å². The highest BCUT2D eigenvalue weighted by atomic mass is 19.1. The van der Waals surface area contributed by atoms with Crippen LogP contribution < -0.4 is 5.32 Å². The molecule has 0 fully saturated rings. The molecule has 0 atom stereocenters. The summed E-state index contributed by atoms with van der Waals surface area (Å²) in [5.41, 5.74) is 1.36. The van der Waals surface area contributed by atoms with Crippen molar-refractivity contribution in [2.24, 2.45) is 0 Å².